The van der Waals surface area contributed by atoms with Crippen LogP contribution in [0.3, 0.4) is 0 Å². The van der Waals surface area contributed by atoms with Gasteiger partial charge in [-0.2, -0.15) is 0 Å². The van der Waals surface area contributed by atoms with E-state index in [0.29, 0.717) is 23.1 Å². The van der Waals surface area contributed by atoms with Gasteiger partial charge in [-0.15, -0.1) is 0 Å². The maximum Gasteiger partial charge on any atom is 0.294 e. The fourth-order valence-corrected chi connectivity index (χ4v) is 3.35. The summed E-state index contributed by atoms with van der Waals surface area (Å²) in [6, 6.07) is 3.26. The van der Waals surface area contributed by atoms with Crippen molar-refractivity contribution in [3.05, 3.63) is 32.3 Å². The highest BCUT2D eigenvalue weighted by Crippen LogP contribution is 2.39. The van der Waals surface area contributed by atoms with Gasteiger partial charge in [-0.3, -0.25) is 14.9 Å². The number of carbonyl (C=O) groups excluding carboxylic acids is 1. The second kappa shape index (κ2) is 4.97. The second-order valence-corrected chi connectivity index (χ2v) is 6.33. The Hall–Kier alpha value is -0.950. The number of benzene rings is 1. The molecule has 1 heterocycles. The van der Waals surface area contributed by atoms with E-state index in [0.717, 1.165) is 5.56 Å². The molecule has 0 saturated carbocycles. The Bertz CT molecular complexity index is 533. The van der Waals surface area contributed by atoms with E-state index in [2.05, 4.69) is 31.9 Å². The molecule has 2 rings (SSSR count). The standard InChI is InChI=1S/C11H10Br2N2O3/c1-6-2-8(13)11(9(3-6)15(17)18)14-5-7(12)4-10(14)16/h2-3,7H,4-5H2,1H3. The SMILES string of the molecule is Cc1cc(Br)c(N2CC(Br)CC2=O)c([N+](=O)[O-])c1. The maximum absolute atomic E-state index is 11.8. The molecule has 5 nitrogen and oxygen atoms in total. The third-order valence-electron chi connectivity index (χ3n) is 2.73. The number of anilines is 1. The van der Waals surface area contributed by atoms with Crippen LogP contribution in [0.4, 0.5) is 11.4 Å². The monoisotopic (exact) mass is 376 g/mol. The van der Waals surface area contributed by atoms with Crippen molar-refractivity contribution in [3.63, 3.8) is 0 Å². The molecule has 1 unspecified atom stereocenters. The summed E-state index contributed by atoms with van der Waals surface area (Å²) in [5.41, 5.74) is 1.08. The van der Waals surface area contributed by atoms with Crippen molar-refractivity contribution >= 4 is 49.1 Å². The Morgan fingerprint density at radius 1 is 1.50 bits per heavy atom. The van der Waals surface area contributed by atoms with Crippen LogP contribution < -0.4 is 4.90 Å². The van der Waals surface area contributed by atoms with Crippen LogP contribution in [0, 0.1) is 17.0 Å². The van der Waals surface area contributed by atoms with Crippen LogP contribution in [0.15, 0.2) is 16.6 Å². The van der Waals surface area contributed by atoms with E-state index in [1.807, 2.05) is 0 Å². The number of alkyl halides is 1. The van der Waals surface area contributed by atoms with E-state index in [-0.39, 0.29) is 16.4 Å². The minimum absolute atomic E-state index is 0.0396. The molecule has 0 N–H and O–H groups in total. The highest BCUT2D eigenvalue weighted by atomic mass is 79.9. The minimum Gasteiger partial charge on any atom is -0.304 e. The number of rotatable bonds is 2. The van der Waals surface area contributed by atoms with Crippen LogP contribution in [0.5, 0.6) is 0 Å². The number of nitrogens with zero attached hydrogens (tertiary/aromatic N) is 2. The first kappa shape index (κ1) is 13.5. The predicted molar refractivity (Wildman–Crippen MR) is 75.2 cm³/mol. The maximum atomic E-state index is 11.8. The third-order valence-corrected chi connectivity index (χ3v) is 3.95. The highest BCUT2D eigenvalue weighted by molar-refractivity contribution is 9.10. The molecule has 1 aliphatic heterocycles. The number of amides is 1. The fourth-order valence-electron chi connectivity index (χ4n) is 2.00. The molecule has 1 aliphatic rings. The highest BCUT2D eigenvalue weighted by Gasteiger charge is 2.34. The van der Waals surface area contributed by atoms with Crippen molar-refractivity contribution in [2.24, 2.45) is 0 Å². The number of nitro groups is 1. The predicted octanol–water partition coefficient (Wildman–Crippen LogP) is 3.17. The number of aryl methyl sites for hydroxylation is 1. The van der Waals surface area contributed by atoms with E-state index < -0.39 is 4.92 Å². The van der Waals surface area contributed by atoms with Gasteiger partial charge in [0.2, 0.25) is 5.91 Å². The first-order valence-electron chi connectivity index (χ1n) is 5.29. The normalized spacial score (nSPS) is 19.4. The van der Waals surface area contributed by atoms with Gasteiger partial charge in [-0.05, 0) is 34.5 Å². The Morgan fingerprint density at radius 2 is 2.17 bits per heavy atom. The molecule has 0 radical (unpaired) electrons. The van der Waals surface area contributed by atoms with E-state index in [1.54, 1.807) is 13.0 Å². The summed E-state index contributed by atoms with van der Waals surface area (Å²) in [7, 11) is 0. The van der Waals surface area contributed by atoms with E-state index in [9.17, 15) is 14.9 Å². The molecule has 1 aromatic carbocycles. The van der Waals surface area contributed by atoms with Crippen LogP contribution >= 0.6 is 31.9 Å². The second-order valence-electron chi connectivity index (χ2n) is 4.18. The molecule has 1 aromatic rings. The number of carbonyl (C=O) groups is 1. The van der Waals surface area contributed by atoms with Gasteiger partial charge < -0.3 is 4.90 Å². The molecule has 1 atom stereocenters. The first-order valence-corrected chi connectivity index (χ1v) is 7.00. The first-order chi connectivity index (χ1) is 8.40. The Kier molecular flexibility index (Phi) is 3.72. The quantitative estimate of drug-likeness (QED) is 0.451. The van der Waals surface area contributed by atoms with Gasteiger partial charge in [0.25, 0.3) is 5.69 Å². The van der Waals surface area contributed by atoms with Gasteiger partial charge >= 0.3 is 0 Å². The Labute approximate surface area is 121 Å². The molecule has 18 heavy (non-hydrogen) atoms. The lowest BCUT2D eigenvalue weighted by atomic mass is 10.2. The van der Waals surface area contributed by atoms with Gasteiger partial charge in [0.15, 0.2) is 0 Å². The summed E-state index contributed by atoms with van der Waals surface area (Å²) in [5.74, 6) is -0.107. The summed E-state index contributed by atoms with van der Waals surface area (Å²) >= 11 is 6.68. The van der Waals surface area contributed by atoms with Crippen molar-refractivity contribution < 1.29 is 9.72 Å². The van der Waals surface area contributed by atoms with E-state index in [1.165, 1.54) is 11.0 Å². The molecular formula is C11H10Br2N2O3. The molecule has 7 heteroatoms. The van der Waals surface area contributed by atoms with Crippen molar-refractivity contribution in [1.29, 1.82) is 0 Å². The number of hydrogen-bond donors (Lipinski definition) is 0. The molecule has 1 fully saturated rings. The Balaban J connectivity index is 2.56. The summed E-state index contributed by atoms with van der Waals surface area (Å²) in [5, 5.41) is 11.1. The molecule has 0 aromatic heterocycles. The molecular weight excluding hydrogens is 368 g/mol. The summed E-state index contributed by atoms with van der Waals surface area (Å²) in [6.45, 7) is 2.22. The van der Waals surface area contributed by atoms with Gasteiger partial charge in [0.05, 0.1) is 4.92 Å². The lowest BCUT2D eigenvalue weighted by molar-refractivity contribution is -0.384. The zero-order valence-corrected chi connectivity index (χ0v) is 12.7. The number of nitro benzene ring substituents is 1. The zero-order valence-electron chi connectivity index (χ0n) is 9.52. The smallest absolute Gasteiger partial charge is 0.294 e. The van der Waals surface area contributed by atoms with Crippen molar-refractivity contribution in [2.75, 3.05) is 11.4 Å². The largest absolute Gasteiger partial charge is 0.304 e. The van der Waals surface area contributed by atoms with Gasteiger partial charge in [-0.25, -0.2) is 0 Å². The van der Waals surface area contributed by atoms with E-state index in [4.69, 9.17) is 0 Å². The van der Waals surface area contributed by atoms with Crippen LogP contribution in [-0.4, -0.2) is 22.2 Å². The molecule has 0 spiro atoms. The van der Waals surface area contributed by atoms with Crippen molar-refractivity contribution in [2.45, 2.75) is 18.2 Å². The van der Waals surface area contributed by atoms with Gasteiger partial charge in [0.1, 0.15) is 5.69 Å². The third kappa shape index (κ3) is 2.42. The molecule has 0 bridgehead atoms. The molecule has 96 valence electrons. The lowest BCUT2D eigenvalue weighted by Gasteiger charge is -2.18. The van der Waals surface area contributed by atoms with E-state index >= 15 is 0 Å². The number of hydrogen-bond acceptors (Lipinski definition) is 3. The molecule has 1 amide bonds. The zero-order chi connectivity index (χ0) is 13.4. The lowest BCUT2D eigenvalue weighted by Crippen LogP contribution is -2.26. The molecule has 1 saturated heterocycles. The van der Waals surface area contributed by atoms with Crippen LogP contribution in [0.1, 0.15) is 12.0 Å². The fraction of sp³-hybridized carbons (Fsp3) is 0.364. The van der Waals surface area contributed by atoms with Gasteiger partial charge in [0, 0.05) is 28.3 Å². The van der Waals surface area contributed by atoms with Crippen molar-refractivity contribution in [3.8, 4) is 0 Å². The van der Waals surface area contributed by atoms with Crippen molar-refractivity contribution in [1.82, 2.24) is 0 Å². The van der Waals surface area contributed by atoms with Crippen LogP contribution in [-0.2, 0) is 4.79 Å². The summed E-state index contributed by atoms with van der Waals surface area (Å²) in [4.78, 5) is 24.0. The van der Waals surface area contributed by atoms with Crippen LogP contribution in [0.25, 0.3) is 0 Å². The average Bonchev–Trinajstić information content (AvgIpc) is 2.56. The summed E-state index contributed by atoms with van der Waals surface area (Å²) < 4.78 is 0.573. The van der Waals surface area contributed by atoms with Crippen LogP contribution in [0.2, 0.25) is 0 Å². The number of halogens is 2. The summed E-state index contributed by atoms with van der Waals surface area (Å²) in [6.07, 6.45) is 0.359. The topological polar surface area (TPSA) is 63.5 Å². The Morgan fingerprint density at radius 3 is 2.67 bits per heavy atom. The van der Waals surface area contributed by atoms with Gasteiger partial charge in [-0.1, -0.05) is 15.9 Å². The average molecular weight is 378 g/mol. The minimum atomic E-state index is -0.456. The molecule has 0 aliphatic carbocycles.